The first-order valence-electron chi connectivity index (χ1n) is 10.5. The zero-order valence-electron chi connectivity index (χ0n) is 19.4. The molecular formula is C25H27FN2O5S. The maximum atomic E-state index is 14.1. The van der Waals surface area contributed by atoms with Crippen LogP contribution in [-0.2, 0) is 16.6 Å². The van der Waals surface area contributed by atoms with E-state index < -0.39 is 15.8 Å². The van der Waals surface area contributed by atoms with E-state index in [9.17, 15) is 17.6 Å². The molecule has 180 valence electrons. The van der Waals surface area contributed by atoms with Gasteiger partial charge in [-0.15, -0.1) is 0 Å². The second kappa shape index (κ2) is 10.6. The Morgan fingerprint density at radius 3 is 2.29 bits per heavy atom. The summed E-state index contributed by atoms with van der Waals surface area (Å²) < 4.78 is 50.6. The number of carbonyl (C=O) groups excluding carboxylic acids is 1. The fourth-order valence-electron chi connectivity index (χ4n) is 3.50. The van der Waals surface area contributed by atoms with Gasteiger partial charge < -0.3 is 14.8 Å². The molecule has 0 bridgehead atoms. The van der Waals surface area contributed by atoms with Crippen LogP contribution < -0.4 is 19.1 Å². The van der Waals surface area contributed by atoms with Crippen LogP contribution in [0.15, 0.2) is 66.7 Å². The van der Waals surface area contributed by atoms with Gasteiger partial charge in [-0.2, -0.15) is 0 Å². The van der Waals surface area contributed by atoms with Crippen molar-refractivity contribution in [2.24, 2.45) is 0 Å². The summed E-state index contributed by atoms with van der Waals surface area (Å²) in [5.74, 6) is 0.413. The molecule has 1 N–H and O–H groups in total. The second-order valence-electron chi connectivity index (χ2n) is 7.71. The third-order valence-electron chi connectivity index (χ3n) is 5.34. The van der Waals surface area contributed by atoms with E-state index in [1.165, 1.54) is 36.4 Å². The molecule has 0 fully saturated rings. The van der Waals surface area contributed by atoms with Crippen LogP contribution in [0.4, 0.5) is 10.1 Å². The molecule has 3 aromatic rings. The lowest BCUT2D eigenvalue weighted by molar-refractivity contribution is 0.0939. The minimum Gasteiger partial charge on any atom is -0.497 e. The molecule has 0 aliphatic heterocycles. The Bertz CT molecular complexity index is 1260. The summed E-state index contributed by atoms with van der Waals surface area (Å²) >= 11 is 0. The van der Waals surface area contributed by atoms with Gasteiger partial charge in [0.1, 0.15) is 17.3 Å². The minimum absolute atomic E-state index is 0.163. The number of nitrogens with zero attached hydrogens (tertiary/aromatic N) is 1. The lowest BCUT2D eigenvalue weighted by atomic mass is 10.1. The molecule has 7 nitrogen and oxygen atoms in total. The number of carbonyl (C=O) groups is 1. The molecule has 0 heterocycles. The molecule has 3 rings (SSSR count). The van der Waals surface area contributed by atoms with Crippen molar-refractivity contribution in [2.75, 3.05) is 24.8 Å². The Labute approximate surface area is 199 Å². The second-order valence-corrected chi connectivity index (χ2v) is 9.62. The largest absolute Gasteiger partial charge is 0.497 e. The number of halogens is 1. The van der Waals surface area contributed by atoms with Gasteiger partial charge in [-0.05, 0) is 55.5 Å². The Hall–Kier alpha value is -3.59. The van der Waals surface area contributed by atoms with Crippen molar-refractivity contribution in [1.29, 1.82) is 0 Å². The molecular weight excluding hydrogens is 459 g/mol. The van der Waals surface area contributed by atoms with Gasteiger partial charge in [0.05, 0.1) is 38.7 Å². The summed E-state index contributed by atoms with van der Waals surface area (Å²) in [5, 5.41) is 2.91. The van der Waals surface area contributed by atoms with Crippen molar-refractivity contribution < 1.29 is 27.1 Å². The molecule has 0 saturated heterocycles. The average Bonchev–Trinajstić information content (AvgIpc) is 2.82. The number of methoxy groups -OCH3 is 2. The molecule has 0 aliphatic carbocycles. The first-order chi connectivity index (χ1) is 16.1. The summed E-state index contributed by atoms with van der Waals surface area (Å²) in [7, 11) is -0.588. The molecule has 1 amide bonds. The Balaban J connectivity index is 1.80. The van der Waals surface area contributed by atoms with Crippen LogP contribution in [0, 0.1) is 5.82 Å². The molecule has 9 heteroatoms. The third-order valence-corrected chi connectivity index (χ3v) is 6.48. The van der Waals surface area contributed by atoms with Gasteiger partial charge in [0.15, 0.2) is 0 Å². The zero-order valence-corrected chi connectivity index (χ0v) is 20.2. The molecule has 0 aliphatic rings. The van der Waals surface area contributed by atoms with Crippen molar-refractivity contribution in [2.45, 2.75) is 19.5 Å². The Morgan fingerprint density at radius 2 is 1.71 bits per heavy atom. The standard InChI is InChI=1S/C25H27FN2O5S/c1-17(22-15-21(32-2)13-14-24(22)33-3)27-25(29)18-9-11-20(12-10-18)28(34(4,30)31)16-19-7-5-6-8-23(19)26/h5-15,17H,16H2,1-4H3,(H,27,29)/t17-/m1/s1. The van der Waals surface area contributed by atoms with Crippen LogP contribution in [0.1, 0.15) is 34.5 Å². The van der Waals surface area contributed by atoms with E-state index >= 15 is 0 Å². The van der Waals surface area contributed by atoms with E-state index in [4.69, 9.17) is 9.47 Å². The quantitative estimate of drug-likeness (QED) is 0.488. The summed E-state index contributed by atoms with van der Waals surface area (Å²) in [6, 6.07) is 17.0. The van der Waals surface area contributed by atoms with Crippen molar-refractivity contribution >= 4 is 21.6 Å². The topological polar surface area (TPSA) is 84.9 Å². The number of benzene rings is 3. The summed E-state index contributed by atoms with van der Waals surface area (Å²) in [6.45, 7) is 1.66. The molecule has 0 aromatic heterocycles. The molecule has 34 heavy (non-hydrogen) atoms. The third kappa shape index (κ3) is 5.85. The van der Waals surface area contributed by atoms with E-state index in [1.54, 1.807) is 44.6 Å². The predicted molar refractivity (Wildman–Crippen MR) is 129 cm³/mol. The van der Waals surface area contributed by atoms with E-state index in [-0.39, 0.29) is 24.1 Å². The number of anilines is 1. The molecule has 1 atom stereocenters. The molecule has 0 spiro atoms. The van der Waals surface area contributed by atoms with Gasteiger partial charge in [0, 0.05) is 16.7 Å². The molecule has 0 saturated carbocycles. The van der Waals surface area contributed by atoms with Gasteiger partial charge in [-0.3, -0.25) is 9.10 Å². The number of amides is 1. The van der Waals surface area contributed by atoms with Crippen LogP contribution in [0.25, 0.3) is 0 Å². The number of nitrogens with one attached hydrogen (secondary N) is 1. The summed E-state index contributed by atoms with van der Waals surface area (Å²) in [6.07, 6.45) is 1.05. The monoisotopic (exact) mass is 486 g/mol. The molecule has 0 unspecified atom stereocenters. The highest BCUT2D eigenvalue weighted by Crippen LogP contribution is 2.29. The van der Waals surface area contributed by atoms with E-state index in [1.807, 2.05) is 6.92 Å². The van der Waals surface area contributed by atoms with Crippen LogP contribution in [0.3, 0.4) is 0 Å². The van der Waals surface area contributed by atoms with E-state index in [0.29, 0.717) is 22.7 Å². The van der Waals surface area contributed by atoms with Gasteiger partial charge in [0.2, 0.25) is 10.0 Å². The SMILES string of the molecule is COc1ccc(OC)c([C@@H](C)NC(=O)c2ccc(N(Cc3ccccc3F)S(C)(=O)=O)cc2)c1. The normalized spacial score (nSPS) is 12.0. The first-order valence-corrected chi connectivity index (χ1v) is 12.3. The van der Waals surface area contributed by atoms with Gasteiger partial charge in [0.25, 0.3) is 5.91 Å². The molecule has 0 radical (unpaired) electrons. The highest BCUT2D eigenvalue weighted by atomic mass is 32.2. The lowest BCUT2D eigenvalue weighted by Crippen LogP contribution is -2.30. The van der Waals surface area contributed by atoms with Crippen LogP contribution in [-0.4, -0.2) is 34.8 Å². The van der Waals surface area contributed by atoms with Gasteiger partial charge >= 0.3 is 0 Å². The van der Waals surface area contributed by atoms with Crippen LogP contribution in [0.2, 0.25) is 0 Å². The van der Waals surface area contributed by atoms with Crippen LogP contribution in [0.5, 0.6) is 11.5 Å². The maximum Gasteiger partial charge on any atom is 0.251 e. The van der Waals surface area contributed by atoms with Gasteiger partial charge in [-0.25, -0.2) is 12.8 Å². The number of hydrogen-bond acceptors (Lipinski definition) is 5. The predicted octanol–water partition coefficient (Wildman–Crippen LogP) is 4.30. The minimum atomic E-state index is -3.70. The first kappa shape index (κ1) is 25.0. The lowest BCUT2D eigenvalue weighted by Gasteiger charge is -2.23. The highest BCUT2D eigenvalue weighted by molar-refractivity contribution is 7.92. The fourth-order valence-corrected chi connectivity index (χ4v) is 4.37. The highest BCUT2D eigenvalue weighted by Gasteiger charge is 2.21. The zero-order chi connectivity index (χ0) is 24.9. The fraction of sp³-hybridized carbons (Fsp3) is 0.240. The number of ether oxygens (including phenoxy) is 2. The summed E-state index contributed by atoms with van der Waals surface area (Å²) in [5.41, 5.74) is 1.66. The maximum absolute atomic E-state index is 14.1. The Kier molecular flexibility index (Phi) is 7.78. The summed E-state index contributed by atoms with van der Waals surface area (Å²) in [4.78, 5) is 12.8. The van der Waals surface area contributed by atoms with Crippen LogP contribution >= 0.6 is 0 Å². The van der Waals surface area contributed by atoms with E-state index in [2.05, 4.69) is 5.32 Å². The van der Waals surface area contributed by atoms with Crippen molar-refractivity contribution in [3.63, 3.8) is 0 Å². The number of sulfonamides is 1. The van der Waals surface area contributed by atoms with Crippen molar-refractivity contribution in [3.05, 3.63) is 89.2 Å². The number of hydrogen-bond donors (Lipinski definition) is 1. The van der Waals surface area contributed by atoms with Crippen molar-refractivity contribution in [1.82, 2.24) is 5.32 Å². The van der Waals surface area contributed by atoms with Gasteiger partial charge in [-0.1, -0.05) is 18.2 Å². The average molecular weight is 487 g/mol. The number of rotatable bonds is 9. The van der Waals surface area contributed by atoms with E-state index in [0.717, 1.165) is 16.1 Å². The molecule has 3 aromatic carbocycles. The van der Waals surface area contributed by atoms with Crippen molar-refractivity contribution in [3.8, 4) is 11.5 Å². The Morgan fingerprint density at radius 1 is 1.03 bits per heavy atom. The smallest absolute Gasteiger partial charge is 0.251 e.